The van der Waals surface area contributed by atoms with Crippen molar-refractivity contribution in [1.29, 1.82) is 0 Å². The van der Waals surface area contributed by atoms with Crippen LogP contribution in [0, 0.1) is 0 Å². The van der Waals surface area contributed by atoms with Gasteiger partial charge in [-0.2, -0.15) is 4.68 Å². The van der Waals surface area contributed by atoms with E-state index in [0.29, 0.717) is 5.82 Å². The lowest BCUT2D eigenvalue weighted by Crippen LogP contribution is -2.06. The Labute approximate surface area is 92.3 Å². The number of para-hydroxylation sites is 1. The minimum absolute atomic E-state index is 0.0186. The van der Waals surface area contributed by atoms with Crippen molar-refractivity contribution in [2.24, 2.45) is 0 Å². The molecule has 0 fully saturated rings. The van der Waals surface area contributed by atoms with Crippen molar-refractivity contribution in [3.8, 4) is 11.6 Å². The van der Waals surface area contributed by atoms with Crippen LogP contribution >= 0.6 is 0 Å². The maximum atomic E-state index is 10.8. The minimum atomic E-state index is -0.224. The van der Waals surface area contributed by atoms with Crippen molar-refractivity contribution >= 4 is 11.7 Å². The van der Waals surface area contributed by atoms with Crippen molar-refractivity contribution in [1.82, 2.24) is 9.78 Å². The van der Waals surface area contributed by atoms with Gasteiger partial charge in [-0.3, -0.25) is 4.79 Å². The molecule has 82 valence electrons. The normalized spacial score (nSPS) is 10.1. The SMILES string of the molecule is CC(=O)Nc1cc(O)n(-c2ccccc2)n1. The Kier molecular flexibility index (Phi) is 2.59. The van der Waals surface area contributed by atoms with Gasteiger partial charge in [0.15, 0.2) is 5.82 Å². The fraction of sp³-hybridized carbons (Fsp3) is 0.0909. The lowest BCUT2D eigenvalue weighted by molar-refractivity contribution is -0.114. The van der Waals surface area contributed by atoms with Gasteiger partial charge in [0.1, 0.15) is 0 Å². The van der Waals surface area contributed by atoms with Crippen LogP contribution < -0.4 is 5.32 Å². The highest BCUT2D eigenvalue weighted by molar-refractivity contribution is 5.87. The molecule has 0 aliphatic heterocycles. The van der Waals surface area contributed by atoms with Gasteiger partial charge in [-0.05, 0) is 12.1 Å². The van der Waals surface area contributed by atoms with Crippen LogP contribution in [0.2, 0.25) is 0 Å². The van der Waals surface area contributed by atoms with Gasteiger partial charge < -0.3 is 10.4 Å². The number of amides is 1. The number of benzene rings is 1. The highest BCUT2D eigenvalue weighted by Gasteiger charge is 2.08. The molecular formula is C11H11N3O2. The fourth-order valence-corrected chi connectivity index (χ4v) is 1.37. The summed E-state index contributed by atoms with van der Waals surface area (Å²) in [6.45, 7) is 1.39. The standard InChI is InChI=1S/C11H11N3O2/c1-8(15)12-10-7-11(16)14(13-10)9-5-3-2-4-6-9/h2-7,16H,1H3,(H,12,13,15). The molecule has 2 N–H and O–H groups in total. The summed E-state index contributed by atoms with van der Waals surface area (Å²) in [6, 6.07) is 10.6. The van der Waals surface area contributed by atoms with E-state index in [1.54, 1.807) is 0 Å². The lowest BCUT2D eigenvalue weighted by Gasteiger charge is -2.01. The van der Waals surface area contributed by atoms with Crippen LogP contribution in [0.1, 0.15) is 6.92 Å². The van der Waals surface area contributed by atoms with E-state index < -0.39 is 0 Å². The Morgan fingerprint density at radius 3 is 2.69 bits per heavy atom. The summed E-state index contributed by atoms with van der Waals surface area (Å²) in [6.07, 6.45) is 0. The van der Waals surface area contributed by atoms with E-state index >= 15 is 0 Å². The number of rotatable bonds is 2. The third-order valence-corrected chi connectivity index (χ3v) is 2.00. The number of aromatic nitrogens is 2. The number of carbonyl (C=O) groups is 1. The molecule has 0 aliphatic rings. The van der Waals surface area contributed by atoms with Gasteiger partial charge in [-0.15, -0.1) is 5.10 Å². The predicted octanol–water partition coefficient (Wildman–Crippen LogP) is 1.54. The molecule has 0 aliphatic carbocycles. The first-order valence-electron chi connectivity index (χ1n) is 4.79. The molecule has 1 aromatic carbocycles. The third kappa shape index (κ3) is 2.03. The number of nitrogens with zero attached hydrogens (tertiary/aromatic N) is 2. The van der Waals surface area contributed by atoms with Gasteiger partial charge in [0.2, 0.25) is 11.8 Å². The zero-order valence-corrected chi connectivity index (χ0v) is 8.71. The topological polar surface area (TPSA) is 67.2 Å². The molecule has 2 aromatic rings. The summed E-state index contributed by atoms with van der Waals surface area (Å²) in [5, 5.41) is 16.2. The van der Waals surface area contributed by atoms with E-state index in [-0.39, 0.29) is 11.8 Å². The predicted molar refractivity (Wildman–Crippen MR) is 59.5 cm³/mol. The molecule has 0 saturated carbocycles. The molecule has 0 spiro atoms. The smallest absolute Gasteiger partial charge is 0.222 e. The second kappa shape index (κ2) is 4.06. The molecule has 2 rings (SSSR count). The number of nitrogens with one attached hydrogen (secondary N) is 1. The van der Waals surface area contributed by atoms with Crippen LogP contribution in [0.15, 0.2) is 36.4 Å². The van der Waals surface area contributed by atoms with E-state index in [1.807, 2.05) is 30.3 Å². The second-order valence-corrected chi connectivity index (χ2v) is 3.32. The average molecular weight is 217 g/mol. The van der Waals surface area contributed by atoms with Crippen molar-refractivity contribution in [3.63, 3.8) is 0 Å². The molecule has 5 heteroatoms. The van der Waals surface area contributed by atoms with Gasteiger partial charge >= 0.3 is 0 Å². The number of aromatic hydroxyl groups is 1. The summed E-state index contributed by atoms with van der Waals surface area (Å²) >= 11 is 0. The van der Waals surface area contributed by atoms with Gasteiger partial charge in [0, 0.05) is 13.0 Å². The summed E-state index contributed by atoms with van der Waals surface area (Å²) in [5.41, 5.74) is 0.733. The van der Waals surface area contributed by atoms with Crippen LogP contribution in [0.5, 0.6) is 5.88 Å². The van der Waals surface area contributed by atoms with Crippen LogP contribution in [-0.4, -0.2) is 20.8 Å². The summed E-state index contributed by atoms with van der Waals surface area (Å²) in [4.78, 5) is 10.8. The Balaban J connectivity index is 2.36. The first kappa shape index (κ1) is 10.2. The highest BCUT2D eigenvalue weighted by Crippen LogP contribution is 2.20. The van der Waals surface area contributed by atoms with E-state index in [1.165, 1.54) is 17.7 Å². The molecule has 0 saturated heterocycles. The summed E-state index contributed by atoms with van der Waals surface area (Å²) in [7, 11) is 0. The Morgan fingerprint density at radius 1 is 1.38 bits per heavy atom. The molecule has 0 radical (unpaired) electrons. The summed E-state index contributed by atoms with van der Waals surface area (Å²) in [5.74, 6) is 0.0847. The number of hydrogen-bond donors (Lipinski definition) is 2. The van der Waals surface area contributed by atoms with Crippen LogP contribution in [0.25, 0.3) is 5.69 Å². The highest BCUT2D eigenvalue weighted by atomic mass is 16.3. The summed E-state index contributed by atoms with van der Waals surface area (Å²) < 4.78 is 1.35. The third-order valence-electron chi connectivity index (χ3n) is 2.00. The number of hydrogen-bond acceptors (Lipinski definition) is 3. The van der Waals surface area contributed by atoms with E-state index in [4.69, 9.17) is 0 Å². The molecule has 0 bridgehead atoms. The molecule has 16 heavy (non-hydrogen) atoms. The second-order valence-electron chi connectivity index (χ2n) is 3.32. The van der Waals surface area contributed by atoms with E-state index in [2.05, 4.69) is 10.4 Å². The van der Waals surface area contributed by atoms with E-state index in [9.17, 15) is 9.90 Å². The Bertz CT molecular complexity index is 505. The fourth-order valence-electron chi connectivity index (χ4n) is 1.37. The quantitative estimate of drug-likeness (QED) is 0.801. The zero-order valence-electron chi connectivity index (χ0n) is 8.71. The maximum absolute atomic E-state index is 10.8. The molecule has 1 aromatic heterocycles. The largest absolute Gasteiger partial charge is 0.493 e. The first-order valence-corrected chi connectivity index (χ1v) is 4.79. The van der Waals surface area contributed by atoms with E-state index in [0.717, 1.165) is 5.69 Å². The number of anilines is 1. The number of carbonyl (C=O) groups excluding carboxylic acids is 1. The monoisotopic (exact) mass is 217 g/mol. The average Bonchev–Trinajstić information content (AvgIpc) is 2.60. The van der Waals surface area contributed by atoms with Crippen LogP contribution in [0.3, 0.4) is 0 Å². The van der Waals surface area contributed by atoms with Crippen LogP contribution in [-0.2, 0) is 4.79 Å². The molecule has 1 heterocycles. The first-order chi connectivity index (χ1) is 7.66. The van der Waals surface area contributed by atoms with Gasteiger partial charge in [-0.1, -0.05) is 18.2 Å². The van der Waals surface area contributed by atoms with Crippen molar-refractivity contribution in [2.45, 2.75) is 6.92 Å². The van der Waals surface area contributed by atoms with Crippen molar-refractivity contribution in [3.05, 3.63) is 36.4 Å². The molecule has 0 atom stereocenters. The van der Waals surface area contributed by atoms with Gasteiger partial charge in [-0.25, -0.2) is 0 Å². The molecule has 5 nitrogen and oxygen atoms in total. The maximum Gasteiger partial charge on any atom is 0.222 e. The minimum Gasteiger partial charge on any atom is -0.493 e. The Morgan fingerprint density at radius 2 is 2.06 bits per heavy atom. The van der Waals surface area contributed by atoms with Crippen molar-refractivity contribution in [2.75, 3.05) is 5.32 Å². The Hall–Kier alpha value is -2.30. The van der Waals surface area contributed by atoms with Crippen molar-refractivity contribution < 1.29 is 9.90 Å². The molecular weight excluding hydrogens is 206 g/mol. The van der Waals surface area contributed by atoms with Gasteiger partial charge in [0.25, 0.3) is 0 Å². The van der Waals surface area contributed by atoms with Crippen LogP contribution in [0.4, 0.5) is 5.82 Å². The lowest BCUT2D eigenvalue weighted by atomic mass is 10.3. The zero-order chi connectivity index (χ0) is 11.5. The molecule has 1 amide bonds. The van der Waals surface area contributed by atoms with Gasteiger partial charge in [0.05, 0.1) is 5.69 Å². The molecule has 0 unspecified atom stereocenters.